The first kappa shape index (κ1) is 15.2. The van der Waals surface area contributed by atoms with Crippen LogP contribution in [0.25, 0.3) is 0 Å². The molecule has 0 aromatic heterocycles. The molecule has 0 radical (unpaired) electrons. The molecule has 1 aromatic carbocycles. The van der Waals surface area contributed by atoms with Crippen molar-refractivity contribution >= 4 is 17.4 Å². The van der Waals surface area contributed by atoms with E-state index in [2.05, 4.69) is 10.6 Å². The van der Waals surface area contributed by atoms with Crippen molar-refractivity contribution in [3.05, 3.63) is 33.9 Å². The van der Waals surface area contributed by atoms with E-state index < -0.39 is 16.5 Å². The van der Waals surface area contributed by atoms with Gasteiger partial charge < -0.3 is 15.7 Å². The van der Waals surface area contributed by atoms with Crippen LogP contribution in [0.5, 0.6) is 0 Å². The number of hydrogen-bond donors (Lipinski definition) is 3. The molecule has 114 valence electrons. The van der Waals surface area contributed by atoms with Crippen molar-refractivity contribution in [2.75, 3.05) is 11.9 Å². The van der Waals surface area contributed by atoms with Gasteiger partial charge in [-0.2, -0.15) is 0 Å². The van der Waals surface area contributed by atoms with Gasteiger partial charge in [-0.25, -0.2) is 4.79 Å². The van der Waals surface area contributed by atoms with Crippen LogP contribution in [0.1, 0.15) is 25.3 Å². The molecule has 1 unspecified atom stereocenters. The summed E-state index contributed by atoms with van der Waals surface area (Å²) in [5.41, 5.74) is 0.0890. The molecule has 0 heterocycles. The van der Waals surface area contributed by atoms with E-state index in [-0.39, 0.29) is 18.2 Å². The minimum absolute atomic E-state index is 0.0417. The maximum absolute atomic E-state index is 12.0. The Morgan fingerprint density at radius 3 is 2.71 bits per heavy atom. The quantitative estimate of drug-likeness (QED) is 0.571. The van der Waals surface area contributed by atoms with Crippen molar-refractivity contribution in [1.29, 1.82) is 0 Å². The molecular formula is C14H19N3O4. The lowest BCUT2D eigenvalue weighted by Crippen LogP contribution is -2.52. The van der Waals surface area contributed by atoms with E-state index in [1.54, 1.807) is 19.9 Å². The van der Waals surface area contributed by atoms with Gasteiger partial charge in [0.15, 0.2) is 0 Å². The van der Waals surface area contributed by atoms with Gasteiger partial charge in [0.2, 0.25) is 0 Å². The molecular weight excluding hydrogens is 274 g/mol. The molecule has 1 atom stereocenters. The van der Waals surface area contributed by atoms with Gasteiger partial charge in [-0.1, -0.05) is 6.07 Å². The fourth-order valence-corrected chi connectivity index (χ4v) is 2.36. The number of benzene rings is 1. The van der Waals surface area contributed by atoms with Crippen LogP contribution in [0.4, 0.5) is 16.2 Å². The number of nitro groups is 1. The van der Waals surface area contributed by atoms with Crippen LogP contribution >= 0.6 is 0 Å². The van der Waals surface area contributed by atoms with Gasteiger partial charge in [-0.15, -0.1) is 0 Å². The highest BCUT2D eigenvalue weighted by Gasteiger charge is 2.42. The first-order valence-corrected chi connectivity index (χ1v) is 6.81. The standard InChI is InChI=1S/C14H19N3O4/c1-9-11(4-3-5-12(9)17(20)21)15-13(19)16-14(2,8-18)10-6-7-10/h3-5,10,18H,6-8H2,1-2H3,(H2,15,16,19). The molecule has 1 aliphatic carbocycles. The number of carbonyl (C=O) groups excluding carboxylic acids is 1. The molecule has 0 aliphatic heterocycles. The van der Waals surface area contributed by atoms with Crippen LogP contribution in [-0.4, -0.2) is 28.2 Å². The van der Waals surface area contributed by atoms with Crippen molar-refractivity contribution in [3.63, 3.8) is 0 Å². The fraction of sp³-hybridized carbons (Fsp3) is 0.500. The average Bonchev–Trinajstić information content (AvgIpc) is 3.25. The third kappa shape index (κ3) is 3.30. The number of anilines is 1. The normalized spacial score (nSPS) is 16.9. The molecule has 1 aliphatic rings. The Kier molecular flexibility index (Phi) is 4.13. The highest BCUT2D eigenvalue weighted by Crippen LogP contribution is 2.39. The van der Waals surface area contributed by atoms with Crippen LogP contribution in [0, 0.1) is 23.0 Å². The first-order valence-electron chi connectivity index (χ1n) is 6.81. The zero-order valence-corrected chi connectivity index (χ0v) is 12.0. The molecule has 1 saturated carbocycles. The van der Waals surface area contributed by atoms with Crippen molar-refractivity contribution in [3.8, 4) is 0 Å². The van der Waals surface area contributed by atoms with E-state index in [0.29, 0.717) is 11.3 Å². The number of nitro benzene ring substituents is 1. The van der Waals surface area contributed by atoms with Crippen molar-refractivity contribution in [2.45, 2.75) is 32.2 Å². The molecule has 2 amide bonds. The Hall–Kier alpha value is -2.15. The third-order valence-corrected chi connectivity index (χ3v) is 3.96. The minimum Gasteiger partial charge on any atom is -0.394 e. The monoisotopic (exact) mass is 293 g/mol. The second kappa shape index (κ2) is 5.69. The van der Waals surface area contributed by atoms with E-state index in [0.717, 1.165) is 12.8 Å². The van der Waals surface area contributed by atoms with Gasteiger partial charge in [0, 0.05) is 6.07 Å². The highest BCUT2D eigenvalue weighted by atomic mass is 16.6. The first-order chi connectivity index (χ1) is 9.87. The number of nitrogens with one attached hydrogen (secondary N) is 2. The number of carbonyl (C=O) groups is 1. The highest BCUT2D eigenvalue weighted by molar-refractivity contribution is 5.91. The molecule has 7 nitrogen and oxygen atoms in total. The predicted molar refractivity (Wildman–Crippen MR) is 78.2 cm³/mol. The Labute approximate surface area is 122 Å². The van der Waals surface area contributed by atoms with Gasteiger partial charge in [-0.3, -0.25) is 10.1 Å². The lowest BCUT2D eigenvalue weighted by Gasteiger charge is -2.28. The zero-order chi connectivity index (χ0) is 15.6. The molecule has 1 fully saturated rings. The molecule has 0 bridgehead atoms. The molecule has 2 rings (SSSR count). The van der Waals surface area contributed by atoms with Crippen LogP contribution in [-0.2, 0) is 0 Å². The van der Waals surface area contributed by atoms with Gasteiger partial charge in [0.25, 0.3) is 5.69 Å². The Bertz CT molecular complexity index is 571. The van der Waals surface area contributed by atoms with E-state index in [9.17, 15) is 20.0 Å². The summed E-state index contributed by atoms with van der Waals surface area (Å²) < 4.78 is 0. The topological polar surface area (TPSA) is 104 Å². The molecule has 7 heteroatoms. The minimum atomic E-state index is -0.654. The second-order valence-corrected chi connectivity index (χ2v) is 5.64. The lowest BCUT2D eigenvalue weighted by molar-refractivity contribution is -0.385. The number of aliphatic hydroxyl groups is 1. The molecule has 21 heavy (non-hydrogen) atoms. The van der Waals surface area contributed by atoms with E-state index in [1.807, 2.05) is 0 Å². The number of hydrogen-bond acceptors (Lipinski definition) is 4. The van der Waals surface area contributed by atoms with Crippen molar-refractivity contribution in [2.24, 2.45) is 5.92 Å². The Balaban J connectivity index is 2.09. The SMILES string of the molecule is Cc1c(NC(=O)NC(C)(CO)C2CC2)cccc1[N+](=O)[O-]. The van der Waals surface area contributed by atoms with E-state index in [4.69, 9.17) is 0 Å². The van der Waals surface area contributed by atoms with E-state index in [1.165, 1.54) is 12.1 Å². The van der Waals surface area contributed by atoms with Gasteiger partial charge in [0.1, 0.15) is 0 Å². The summed E-state index contributed by atoms with van der Waals surface area (Å²) in [5, 5.41) is 25.7. The fourth-order valence-electron chi connectivity index (χ4n) is 2.36. The van der Waals surface area contributed by atoms with E-state index >= 15 is 0 Å². The summed E-state index contributed by atoms with van der Waals surface area (Å²) >= 11 is 0. The Morgan fingerprint density at radius 2 is 2.19 bits per heavy atom. The van der Waals surface area contributed by atoms with Crippen LogP contribution in [0.3, 0.4) is 0 Å². The van der Waals surface area contributed by atoms with Crippen LogP contribution < -0.4 is 10.6 Å². The van der Waals surface area contributed by atoms with Crippen molar-refractivity contribution in [1.82, 2.24) is 5.32 Å². The summed E-state index contributed by atoms with van der Waals surface area (Å²) in [6.07, 6.45) is 1.96. The maximum Gasteiger partial charge on any atom is 0.319 e. The largest absolute Gasteiger partial charge is 0.394 e. The van der Waals surface area contributed by atoms with Crippen LogP contribution in [0.15, 0.2) is 18.2 Å². The summed E-state index contributed by atoms with van der Waals surface area (Å²) in [6.45, 7) is 3.24. The smallest absolute Gasteiger partial charge is 0.319 e. The average molecular weight is 293 g/mol. The predicted octanol–water partition coefficient (Wildman–Crippen LogP) is 2.19. The number of amides is 2. The Morgan fingerprint density at radius 1 is 1.52 bits per heavy atom. The zero-order valence-electron chi connectivity index (χ0n) is 12.0. The summed E-state index contributed by atoms with van der Waals surface area (Å²) in [6, 6.07) is 4.05. The molecule has 0 spiro atoms. The molecule has 0 saturated heterocycles. The number of rotatable bonds is 5. The third-order valence-electron chi connectivity index (χ3n) is 3.96. The summed E-state index contributed by atoms with van der Waals surface area (Å²) in [5.74, 6) is 0.277. The number of aliphatic hydroxyl groups excluding tert-OH is 1. The molecule has 1 aromatic rings. The van der Waals surface area contributed by atoms with Gasteiger partial charge in [0.05, 0.1) is 28.3 Å². The van der Waals surface area contributed by atoms with Gasteiger partial charge >= 0.3 is 6.03 Å². The van der Waals surface area contributed by atoms with Crippen LogP contribution in [0.2, 0.25) is 0 Å². The maximum atomic E-state index is 12.0. The van der Waals surface area contributed by atoms with Gasteiger partial charge in [-0.05, 0) is 38.7 Å². The number of urea groups is 1. The number of nitrogens with zero attached hydrogens (tertiary/aromatic N) is 1. The lowest BCUT2D eigenvalue weighted by atomic mass is 9.97. The molecule has 3 N–H and O–H groups in total. The van der Waals surface area contributed by atoms with Crippen molar-refractivity contribution < 1.29 is 14.8 Å². The summed E-state index contributed by atoms with van der Waals surface area (Å²) in [7, 11) is 0. The second-order valence-electron chi connectivity index (χ2n) is 5.64. The summed E-state index contributed by atoms with van der Waals surface area (Å²) in [4.78, 5) is 22.4.